The maximum atomic E-state index is 12.1. The number of fused-ring (bicyclic) bond motifs is 5. The van der Waals surface area contributed by atoms with Crippen molar-refractivity contribution in [2.75, 3.05) is 0 Å². The van der Waals surface area contributed by atoms with Gasteiger partial charge in [-0.15, -0.1) is 0 Å². The molecule has 1 aliphatic carbocycles. The van der Waals surface area contributed by atoms with Gasteiger partial charge in [0, 0.05) is 37.8 Å². The van der Waals surface area contributed by atoms with Gasteiger partial charge < -0.3 is 10.3 Å². The third kappa shape index (κ3) is 1.84. The predicted molar refractivity (Wildman–Crippen MR) is 81.6 cm³/mol. The van der Waals surface area contributed by atoms with Crippen LogP contribution in [0.1, 0.15) is 23.7 Å². The molecule has 1 aromatic carbocycles. The standard InChI is InChI=1S/C16H14N4O2/c1-9(21)18-8-10-2-3-12-11(6-10)7-13-14(12)19-16(22)15-17-4-5-20(13)15/h2-6H,7-8H2,1H3,(H,18,21)(H,19,22). The van der Waals surface area contributed by atoms with Crippen molar-refractivity contribution >= 4 is 11.6 Å². The van der Waals surface area contributed by atoms with Crippen LogP contribution < -0.4 is 10.9 Å². The van der Waals surface area contributed by atoms with Crippen molar-refractivity contribution in [1.29, 1.82) is 0 Å². The molecule has 22 heavy (non-hydrogen) atoms. The van der Waals surface area contributed by atoms with Gasteiger partial charge in [0.1, 0.15) is 0 Å². The van der Waals surface area contributed by atoms with Gasteiger partial charge in [0.15, 0.2) is 0 Å². The lowest BCUT2D eigenvalue weighted by Gasteiger charge is -2.05. The molecule has 3 aromatic rings. The first-order valence-corrected chi connectivity index (χ1v) is 7.08. The van der Waals surface area contributed by atoms with Crippen molar-refractivity contribution in [2.24, 2.45) is 0 Å². The van der Waals surface area contributed by atoms with Gasteiger partial charge in [0.2, 0.25) is 11.6 Å². The molecule has 0 fully saturated rings. The minimum atomic E-state index is -0.182. The first kappa shape index (κ1) is 12.8. The lowest BCUT2D eigenvalue weighted by Crippen LogP contribution is -2.18. The number of carbonyl (C=O) groups excluding carboxylic acids is 1. The van der Waals surface area contributed by atoms with Crippen LogP contribution in [0.2, 0.25) is 0 Å². The lowest BCUT2D eigenvalue weighted by molar-refractivity contribution is -0.119. The number of carbonyl (C=O) groups is 1. The van der Waals surface area contributed by atoms with E-state index in [4.69, 9.17) is 0 Å². The Bertz CT molecular complexity index is 968. The number of benzene rings is 1. The van der Waals surface area contributed by atoms with Crippen molar-refractivity contribution in [3.8, 4) is 11.3 Å². The number of aromatic nitrogens is 3. The Kier molecular flexibility index (Phi) is 2.66. The van der Waals surface area contributed by atoms with E-state index in [1.54, 1.807) is 6.20 Å². The van der Waals surface area contributed by atoms with Crippen LogP contribution in [0.3, 0.4) is 0 Å². The molecule has 1 aliphatic rings. The molecule has 0 bridgehead atoms. The average molecular weight is 294 g/mol. The van der Waals surface area contributed by atoms with E-state index in [2.05, 4.69) is 21.4 Å². The van der Waals surface area contributed by atoms with Crippen molar-refractivity contribution < 1.29 is 4.79 Å². The Morgan fingerprint density at radius 2 is 2.32 bits per heavy atom. The summed E-state index contributed by atoms with van der Waals surface area (Å²) in [7, 11) is 0. The van der Waals surface area contributed by atoms with Gasteiger partial charge in [0.25, 0.3) is 5.56 Å². The quantitative estimate of drug-likeness (QED) is 0.583. The minimum absolute atomic E-state index is 0.0479. The van der Waals surface area contributed by atoms with Crippen LogP contribution in [-0.4, -0.2) is 20.3 Å². The molecular formula is C16H14N4O2. The van der Waals surface area contributed by atoms with Crippen molar-refractivity contribution in [1.82, 2.24) is 19.7 Å². The second-order valence-corrected chi connectivity index (χ2v) is 5.47. The van der Waals surface area contributed by atoms with Crippen LogP contribution in [0, 0.1) is 0 Å². The van der Waals surface area contributed by atoms with Crippen LogP contribution in [0.25, 0.3) is 16.9 Å². The largest absolute Gasteiger partial charge is 0.352 e. The topological polar surface area (TPSA) is 79.3 Å². The van der Waals surface area contributed by atoms with Crippen molar-refractivity contribution in [3.63, 3.8) is 0 Å². The Balaban J connectivity index is 1.81. The van der Waals surface area contributed by atoms with Gasteiger partial charge >= 0.3 is 0 Å². The van der Waals surface area contributed by atoms with Gasteiger partial charge in [-0.1, -0.05) is 18.2 Å². The van der Waals surface area contributed by atoms with Crippen LogP contribution in [0.4, 0.5) is 0 Å². The lowest BCUT2D eigenvalue weighted by atomic mass is 10.1. The summed E-state index contributed by atoms with van der Waals surface area (Å²) in [5, 5.41) is 2.80. The Morgan fingerprint density at radius 1 is 1.45 bits per heavy atom. The Morgan fingerprint density at radius 3 is 3.14 bits per heavy atom. The minimum Gasteiger partial charge on any atom is -0.352 e. The average Bonchev–Trinajstić information content (AvgIpc) is 3.09. The summed E-state index contributed by atoms with van der Waals surface area (Å²) in [6.07, 6.45) is 4.19. The molecule has 110 valence electrons. The molecule has 1 amide bonds. The summed E-state index contributed by atoms with van der Waals surface area (Å²) in [6.45, 7) is 2.01. The highest BCUT2D eigenvalue weighted by Crippen LogP contribution is 2.34. The van der Waals surface area contributed by atoms with E-state index < -0.39 is 0 Å². The zero-order valence-electron chi connectivity index (χ0n) is 12.0. The van der Waals surface area contributed by atoms with Crippen LogP contribution in [0.5, 0.6) is 0 Å². The molecule has 0 atom stereocenters. The van der Waals surface area contributed by atoms with Crippen molar-refractivity contribution in [2.45, 2.75) is 19.9 Å². The van der Waals surface area contributed by atoms with Gasteiger partial charge in [-0.3, -0.25) is 14.0 Å². The number of hydrogen-bond acceptors (Lipinski definition) is 3. The molecule has 2 N–H and O–H groups in total. The molecule has 0 spiro atoms. The fourth-order valence-electron chi connectivity index (χ4n) is 3.00. The summed E-state index contributed by atoms with van der Waals surface area (Å²) in [5.74, 6) is -0.0479. The highest BCUT2D eigenvalue weighted by molar-refractivity contribution is 5.74. The summed E-state index contributed by atoms with van der Waals surface area (Å²) >= 11 is 0. The molecule has 2 aromatic heterocycles. The van der Waals surface area contributed by atoms with E-state index >= 15 is 0 Å². The third-order valence-electron chi connectivity index (χ3n) is 4.00. The van der Waals surface area contributed by atoms with E-state index in [9.17, 15) is 9.59 Å². The van der Waals surface area contributed by atoms with E-state index in [-0.39, 0.29) is 11.5 Å². The summed E-state index contributed by atoms with van der Waals surface area (Å²) in [5.41, 5.74) is 5.37. The highest BCUT2D eigenvalue weighted by Gasteiger charge is 2.23. The normalized spacial score (nSPS) is 12.2. The number of aromatic amines is 1. The Labute approximate surface area is 125 Å². The molecule has 0 aliphatic heterocycles. The second-order valence-electron chi connectivity index (χ2n) is 5.47. The maximum Gasteiger partial charge on any atom is 0.292 e. The fourth-order valence-corrected chi connectivity index (χ4v) is 3.00. The van der Waals surface area contributed by atoms with E-state index in [1.807, 2.05) is 22.7 Å². The molecule has 0 saturated carbocycles. The zero-order valence-corrected chi connectivity index (χ0v) is 12.0. The second kappa shape index (κ2) is 4.56. The number of amides is 1. The first-order chi connectivity index (χ1) is 10.6. The van der Waals surface area contributed by atoms with Gasteiger partial charge in [-0.25, -0.2) is 4.98 Å². The Hall–Kier alpha value is -2.89. The van der Waals surface area contributed by atoms with E-state index in [0.29, 0.717) is 12.2 Å². The molecule has 6 nitrogen and oxygen atoms in total. The van der Waals surface area contributed by atoms with Gasteiger partial charge in [-0.05, 0) is 11.1 Å². The zero-order chi connectivity index (χ0) is 15.3. The summed E-state index contributed by atoms with van der Waals surface area (Å²) in [6, 6.07) is 6.05. The number of H-pyrrole nitrogens is 1. The van der Waals surface area contributed by atoms with Crippen LogP contribution in [-0.2, 0) is 17.8 Å². The monoisotopic (exact) mass is 294 g/mol. The smallest absolute Gasteiger partial charge is 0.292 e. The number of nitrogens with one attached hydrogen (secondary N) is 2. The molecule has 6 heteroatoms. The number of nitrogens with zero attached hydrogens (tertiary/aromatic N) is 2. The summed E-state index contributed by atoms with van der Waals surface area (Å²) < 4.78 is 1.85. The molecule has 2 heterocycles. The number of hydrogen-bond donors (Lipinski definition) is 2. The van der Waals surface area contributed by atoms with Gasteiger partial charge in [0.05, 0.1) is 11.4 Å². The van der Waals surface area contributed by atoms with Crippen molar-refractivity contribution in [3.05, 3.63) is 57.8 Å². The molecule has 0 unspecified atom stereocenters. The van der Waals surface area contributed by atoms with E-state index in [0.717, 1.165) is 34.5 Å². The van der Waals surface area contributed by atoms with E-state index in [1.165, 1.54) is 6.92 Å². The molecule has 0 radical (unpaired) electrons. The third-order valence-corrected chi connectivity index (χ3v) is 4.00. The van der Waals surface area contributed by atoms with Gasteiger partial charge in [-0.2, -0.15) is 0 Å². The first-order valence-electron chi connectivity index (χ1n) is 7.08. The number of rotatable bonds is 2. The maximum absolute atomic E-state index is 12.1. The van der Waals surface area contributed by atoms with Crippen LogP contribution in [0.15, 0.2) is 35.4 Å². The van der Waals surface area contributed by atoms with Crippen LogP contribution >= 0.6 is 0 Å². The predicted octanol–water partition coefficient (Wildman–Crippen LogP) is 1.23. The fraction of sp³-hybridized carbons (Fsp3) is 0.188. The highest BCUT2D eigenvalue weighted by atomic mass is 16.1. The SMILES string of the molecule is CC(=O)NCc1ccc2c(c1)Cc1c-2[nH]c(=O)c2nccn12. The molecule has 0 saturated heterocycles. The molecular weight excluding hydrogens is 280 g/mol. The molecule has 4 rings (SSSR count). The summed E-state index contributed by atoms with van der Waals surface area (Å²) in [4.78, 5) is 30.1. The number of imidazole rings is 1.